The summed E-state index contributed by atoms with van der Waals surface area (Å²) in [5, 5.41) is 3.62. The Bertz CT molecular complexity index is 1060. The van der Waals surface area contributed by atoms with Crippen LogP contribution in [0.25, 0.3) is 21.5 Å². The maximum absolute atomic E-state index is 10.8. The van der Waals surface area contributed by atoms with Gasteiger partial charge in [0, 0.05) is 39.1 Å². The highest BCUT2D eigenvalue weighted by atomic mass is 16.1. The highest BCUT2D eigenvalue weighted by molar-refractivity contribution is 6.08. The van der Waals surface area contributed by atoms with E-state index in [-0.39, 0.29) is 0 Å². The van der Waals surface area contributed by atoms with Gasteiger partial charge in [0.1, 0.15) is 0 Å². The van der Waals surface area contributed by atoms with Crippen molar-refractivity contribution in [1.29, 1.82) is 0 Å². The van der Waals surface area contributed by atoms with Gasteiger partial charge in [-0.15, -0.1) is 0 Å². The summed E-state index contributed by atoms with van der Waals surface area (Å²) in [6, 6.07) is 20.4. The SMILES string of the molecule is Nc1cccc2c(C=O)ccc(N)c12.Nc1cccc2cccc(N)c12. The van der Waals surface area contributed by atoms with Gasteiger partial charge in [-0.1, -0.05) is 36.4 Å². The lowest BCUT2D eigenvalue weighted by Gasteiger charge is -2.06. The van der Waals surface area contributed by atoms with Gasteiger partial charge < -0.3 is 22.9 Å². The topological polar surface area (TPSA) is 121 Å². The molecule has 0 aliphatic heterocycles. The highest BCUT2D eigenvalue weighted by Crippen LogP contribution is 2.28. The third-order valence-electron chi connectivity index (χ3n) is 4.23. The fourth-order valence-corrected chi connectivity index (χ4v) is 2.99. The number of fused-ring (bicyclic) bond motifs is 2. The van der Waals surface area contributed by atoms with Crippen LogP contribution in [0.15, 0.2) is 66.7 Å². The van der Waals surface area contributed by atoms with Crippen LogP contribution in [0.3, 0.4) is 0 Å². The first-order valence-corrected chi connectivity index (χ1v) is 8.07. The number of benzene rings is 4. The van der Waals surface area contributed by atoms with Crippen molar-refractivity contribution in [3.63, 3.8) is 0 Å². The van der Waals surface area contributed by atoms with E-state index in [9.17, 15) is 4.79 Å². The lowest BCUT2D eigenvalue weighted by Crippen LogP contribution is -1.95. The number of hydrogen-bond donors (Lipinski definition) is 4. The molecule has 8 N–H and O–H groups in total. The number of nitrogens with two attached hydrogens (primary N) is 4. The monoisotopic (exact) mass is 344 g/mol. The van der Waals surface area contributed by atoms with Crippen LogP contribution in [0, 0.1) is 0 Å². The molecule has 5 heteroatoms. The fraction of sp³-hybridized carbons (Fsp3) is 0. The summed E-state index contributed by atoms with van der Waals surface area (Å²) >= 11 is 0. The summed E-state index contributed by atoms with van der Waals surface area (Å²) in [6.45, 7) is 0. The van der Waals surface area contributed by atoms with Crippen molar-refractivity contribution in [2.45, 2.75) is 0 Å². The average molecular weight is 344 g/mol. The molecule has 0 aliphatic carbocycles. The van der Waals surface area contributed by atoms with Gasteiger partial charge in [0.05, 0.1) is 0 Å². The third kappa shape index (κ3) is 3.10. The van der Waals surface area contributed by atoms with Gasteiger partial charge in [-0.2, -0.15) is 0 Å². The molecule has 0 saturated heterocycles. The van der Waals surface area contributed by atoms with E-state index in [4.69, 9.17) is 22.9 Å². The molecule has 4 aromatic carbocycles. The second kappa shape index (κ2) is 7.03. The molecule has 26 heavy (non-hydrogen) atoms. The molecule has 0 atom stereocenters. The zero-order valence-corrected chi connectivity index (χ0v) is 14.1. The summed E-state index contributed by atoms with van der Waals surface area (Å²) in [5.74, 6) is 0. The van der Waals surface area contributed by atoms with Gasteiger partial charge in [0.2, 0.25) is 0 Å². The summed E-state index contributed by atoms with van der Waals surface area (Å²) < 4.78 is 0. The molecule has 0 spiro atoms. The molecule has 0 aliphatic rings. The van der Waals surface area contributed by atoms with E-state index in [1.165, 1.54) is 0 Å². The quantitative estimate of drug-likeness (QED) is 0.309. The number of hydrogen-bond acceptors (Lipinski definition) is 5. The Balaban J connectivity index is 0.000000152. The minimum Gasteiger partial charge on any atom is -0.398 e. The van der Waals surface area contributed by atoms with Crippen molar-refractivity contribution < 1.29 is 4.79 Å². The van der Waals surface area contributed by atoms with Gasteiger partial charge in [-0.3, -0.25) is 4.79 Å². The maximum Gasteiger partial charge on any atom is 0.150 e. The molecule has 0 amide bonds. The van der Waals surface area contributed by atoms with Gasteiger partial charge in [-0.25, -0.2) is 0 Å². The number of nitrogen functional groups attached to an aromatic ring is 4. The lowest BCUT2D eigenvalue weighted by molar-refractivity contribution is 0.112. The Morgan fingerprint density at radius 3 is 1.62 bits per heavy atom. The summed E-state index contributed by atoms with van der Waals surface area (Å²) in [5.41, 5.74) is 26.4. The summed E-state index contributed by atoms with van der Waals surface area (Å²) in [7, 11) is 0. The number of anilines is 4. The van der Waals surface area contributed by atoms with E-state index in [0.29, 0.717) is 16.9 Å². The smallest absolute Gasteiger partial charge is 0.150 e. The van der Waals surface area contributed by atoms with E-state index in [0.717, 1.165) is 39.2 Å². The Morgan fingerprint density at radius 1 is 0.577 bits per heavy atom. The molecule has 4 aromatic rings. The van der Waals surface area contributed by atoms with Crippen LogP contribution in [0.4, 0.5) is 22.7 Å². The highest BCUT2D eigenvalue weighted by Gasteiger charge is 2.05. The molecule has 0 fully saturated rings. The number of carbonyl (C=O) groups excluding carboxylic acids is 1. The largest absolute Gasteiger partial charge is 0.398 e. The van der Waals surface area contributed by atoms with Crippen LogP contribution in [-0.2, 0) is 0 Å². The maximum atomic E-state index is 10.8. The molecule has 0 aromatic heterocycles. The van der Waals surface area contributed by atoms with E-state index >= 15 is 0 Å². The number of carbonyl (C=O) groups is 1. The van der Waals surface area contributed by atoms with E-state index in [2.05, 4.69) is 0 Å². The minimum absolute atomic E-state index is 0.601. The fourth-order valence-electron chi connectivity index (χ4n) is 2.99. The molecular formula is C21H20N4O. The van der Waals surface area contributed by atoms with Crippen molar-refractivity contribution in [1.82, 2.24) is 0 Å². The first-order valence-electron chi connectivity index (χ1n) is 8.07. The predicted molar refractivity (Wildman–Crippen MR) is 111 cm³/mol. The van der Waals surface area contributed by atoms with E-state index < -0.39 is 0 Å². The molecule has 4 rings (SSSR count). The number of rotatable bonds is 1. The van der Waals surface area contributed by atoms with Crippen LogP contribution in [0.2, 0.25) is 0 Å². The first kappa shape index (κ1) is 17.1. The molecule has 0 heterocycles. The van der Waals surface area contributed by atoms with E-state index in [1.807, 2.05) is 48.5 Å². The molecule has 0 saturated carbocycles. The first-order chi connectivity index (χ1) is 12.5. The van der Waals surface area contributed by atoms with Crippen LogP contribution in [0.5, 0.6) is 0 Å². The second-order valence-corrected chi connectivity index (χ2v) is 5.92. The van der Waals surface area contributed by atoms with Gasteiger partial charge in [-0.05, 0) is 41.1 Å². The minimum atomic E-state index is 0.601. The molecular weight excluding hydrogens is 324 g/mol. The van der Waals surface area contributed by atoms with Crippen LogP contribution in [0.1, 0.15) is 10.4 Å². The second-order valence-electron chi connectivity index (χ2n) is 5.92. The molecule has 0 unspecified atom stereocenters. The van der Waals surface area contributed by atoms with Crippen molar-refractivity contribution >= 4 is 50.6 Å². The molecule has 0 bridgehead atoms. The zero-order chi connectivity index (χ0) is 18.7. The van der Waals surface area contributed by atoms with Gasteiger partial charge in [0.25, 0.3) is 0 Å². The van der Waals surface area contributed by atoms with Crippen LogP contribution < -0.4 is 22.9 Å². The molecule has 0 radical (unpaired) electrons. The van der Waals surface area contributed by atoms with Crippen molar-refractivity contribution in [2.24, 2.45) is 0 Å². The predicted octanol–water partition coefficient (Wildman–Crippen LogP) is 3.82. The van der Waals surface area contributed by atoms with Crippen LogP contribution in [-0.4, -0.2) is 6.29 Å². The van der Waals surface area contributed by atoms with Crippen molar-refractivity contribution in [2.75, 3.05) is 22.9 Å². The standard InChI is InChI=1S/C11H10N2O.C10H10N2/c12-9-3-1-2-8-7(6-14)4-5-10(13)11(8)9;11-8-5-1-3-7-4-2-6-9(12)10(7)8/h1-6H,12-13H2;1-6H,11-12H2. The van der Waals surface area contributed by atoms with Crippen molar-refractivity contribution in [3.8, 4) is 0 Å². The Hall–Kier alpha value is -3.73. The Labute approximate surface area is 151 Å². The Kier molecular flexibility index (Phi) is 4.62. The summed E-state index contributed by atoms with van der Waals surface area (Å²) in [4.78, 5) is 10.8. The van der Waals surface area contributed by atoms with E-state index in [1.54, 1.807) is 18.2 Å². The molecule has 5 nitrogen and oxygen atoms in total. The van der Waals surface area contributed by atoms with Crippen LogP contribution >= 0.6 is 0 Å². The van der Waals surface area contributed by atoms with Gasteiger partial charge in [0.15, 0.2) is 6.29 Å². The van der Waals surface area contributed by atoms with Crippen molar-refractivity contribution in [3.05, 3.63) is 72.3 Å². The normalized spacial score (nSPS) is 10.3. The summed E-state index contributed by atoms with van der Waals surface area (Å²) in [6.07, 6.45) is 0.807. The van der Waals surface area contributed by atoms with Gasteiger partial charge >= 0.3 is 0 Å². The third-order valence-corrected chi connectivity index (χ3v) is 4.23. The lowest BCUT2D eigenvalue weighted by atomic mass is 10.0. The average Bonchev–Trinajstić information content (AvgIpc) is 2.63. The zero-order valence-electron chi connectivity index (χ0n) is 14.1. The Morgan fingerprint density at radius 2 is 1.08 bits per heavy atom. The number of aldehydes is 1. The molecule has 130 valence electrons.